The number of benzene rings is 3. The number of hydrogen-bond acceptors (Lipinski definition) is 5. The van der Waals surface area contributed by atoms with Crippen LogP contribution in [0, 0.1) is 5.82 Å². The van der Waals surface area contributed by atoms with E-state index in [1.807, 2.05) is 36.4 Å². The summed E-state index contributed by atoms with van der Waals surface area (Å²) in [6, 6.07) is 17.0. The number of rotatable bonds is 7. The Morgan fingerprint density at radius 2 is 1.76 bits per heavy atom. The maximum atomic E-state index is 14.2. The molecular formula is C27H30FNO4. The van der Waals surface area contributed by atoms with Crippen LogP contribution in [-0.2, 0) is 13.0 Å². The Balaban J connectivity index is 1.69. The van der Waals surface area contributed by atoms with Gasteiger partial charge in [-0.15, -0.1) is 0 Å². The lowest BCUT2D eigenvalue weighted by Gasteiger charge is -2.27. The highest BCUT2D eigenvalue weighted by atomic mass is 19.1. The summed E-state index contributed by atoms with van der Waals surface area (Å²) in [7, 11) is 4.91. The lowest BCUT2D eigenvalue weighted by Crippen LogP contribution is -2.36. The highest BCUT2D eigenvalue weighted by Gasteiger charge is 2.25. The maximum Gasteiger partial charge on any atom is 0.168 e. The van der Waals surface area contributed by atoms with Gasteiger partial charge in [0.05, 0.1) is 21.3 Å². The first kappa shape index (κ1) is 22.9. The molecule has 0 amide bonds. The Bertz CT molecular complexity index is 1120. The molecule has 0 radical (unpaired) electrons. The van der Waals surface area contributed by atoms with Crippen molar-refractivity contribution in [3.8, 4) is 34.1 Å². The third kappa shape index (κ3) is 4.76. The van der Waals surface area contributed by atoms with Crippen molar-refractivity contribution in [2.75, 3.05) is 34.5 Å². The van der Waals surface area contributed by atoms with Gasteiger partial charge in [0.15, 0.2) is 23.0 Å². The van der Waals surface area contributed by atoms with Gasteiger partial charge in [-0.25, -0.2) is 4.39 Å². The topological polar surface area (TPSA) is 40.2 Å². The minimum atomic E-state index is -0.162. The van der Waals surface area contributed by atoms with E-state index in [4.69, 9.17) is 18.9 Å². The van der Waals surface area contributed by atoms with Gasteiger partial charge in [0.2, 0.25) is 0 Å². The molecule has 0 aliphatic carbocycles. The molecule has 3 aromatic carbocycles. The van der Waals surface area contributed by atoms with Gasteiger partial charge in [0.1, 0.15) is 12.4 Å². The first-order valence-corrected chi connectivity index (χ1v) is 11.1. The maximum absolute atomic E-state index is 14.2. The molecule has 1 aliphatic rings. The van der Waals surface area contributed by atoms with Crippen LogP contribution in [0.2, 0.25) is 0 Å². The van der Waals surface area contributed by atoms with E-state index in [2.05, 4.69) is 17.9 Å². The highest BCUT2D eigenvalue weighted by Crippen LogP contribution is 2.43. The second kappa shape index (κ2) is 10.1. The average molecular weight is 452 g/mol. The van der Waals surface area contributed by atoms with Crippen LogP contribution < -0.4 is 18.9 Å². The lowest BCUT2D eigenvalue weighted by molar-refractivity contribution is 0.176. The second-order valence-electron chi connectivity index (χ2n) is 8.17. The summed E-state index contributed by atoms with van der Waals surface area (Å²) in [5.41, 5.74) is 3.61. The quantitative estimate of drug-likeness (QED) is 0.485. The Morgan fingerprint density at radius 1 is 0.970 bits per heavy atom. The lowest BCUT2D eigenvalue weighted by atomic mass is 9.99. The number of hydrogen-bond donors (Lipinski definition) is 0. The molecule has 1 heterocycles. The van der Waals surface area contributed by atoms with Gasteiger partial charge in [-0.05, 0) is 48.7 Å². The normalized spacial score (nSPS) is 14.6. The summed E-state index contributed by atoms with van der Waals surface area (Å²) in [6.07, 6.45) is 0.628. The van der Waals surface area contributed by atoms with Crippen LogP contribution in [-0.4, -0.2) is 45.4 Å². The van der Waals surface area contributed by atoms with E-state index in [-0.39, 0.29) is 11.9 Å². The number of nitrogens with zero attached hydrogens (tertiary/aromatic N) is 1. The first-order valence-electron chi connectivity index (χ1n) is 11.1. The first-order chi connectivity index (χ1) is 16.0. The van der Waals surface area contributed by atoms with Gasteiger partial charge in [-0.3, -0.25) is 4.90 Å². The fourth-order valence-corrected chi connectivity index (χ4v) is 4.41. The predicted octanol–water partition coefficient (Wildman–Crippen LogP) is 5.34. The number of fused-ring (bicyclic) bond motifs is 1. The van der Waals surface area contributed by atoms with Crippen LogP contribution in [0.1, 0.15) is 18.1 Å². The van der Waals surface area contributed by atoms with Crippen molar-refractivity contribution in [3.05, 3.63) is 71.5 Å². The molecule has 174 valence electrons. The summed E-state index contributed by atoms with van der Waals surface area (Å²) < 4.78 is 37.2. The van der Waals surface area contributed by atoms with E-state index < -0.39 is 0 Å². The van der Waals surface area contributed by atoms with Crippen molar-refractivity contribution >= 4 is 0 Å². The monoisotopic (exact) mass is 451 g/mol. The molecule has 5 nitrogen and oxygen atoms in total. The smallest absolute Gasteiger partial charge is 0.168 e. The largest absolute Gasteiger partial charge is 0.493 e. The van der Waals surface area contributed by atoms with Gasteiger partial charge in [0, 0.05) is 30.3 Å². The van der Waals surface area contributed by atoms with Gasteiger partial charge in [0.25, 0.3) is 0 Å². The molecule has 0 saturated heterocycles. The minimum absolute atomic E-state index is 0.137. The van der Waals surface area contributed by atoms with E-state index in [0.717, 1.165) is 34.5 Å². The standard InChI is InChI=1S/C27H30FNO4/c1-18(14-19-8-5-6-10-23(19)28)29-12-13-33-26-21(17-29)15-20(16-25(26)31-3)22-9-7-11-24(30-2)27(22)32-4/h5-11,15-16,18H,12-14,17H2,1-4H3/t18-/m1/s1. The predicted molar refractivity (Wildman–Crippen MR) is 127 cm³/mol. The zero-order valence-electron chi connectivity index (χ0n) is 19.6. The molecule has 4 rings (SSSR count). The minimum Gasteiger partial charge on any atom is -0.493 e. The van der Waals surface area contributed by atoms with Crippen LogP contribution in [0.3, 0.4) is 0 Å². The summed E-state index contributed by atoms with van der Waals surface area (Å²) >= 11 is 0. The molecule has 0 unspecified atom stereocenters. The van der Waals surface area contributed by atoms with Crippen LogP contribution >= 0.6 is 0 Å². The van der Waals surface area contributed by atoms with Gasteiger partial charge in [-0.1, -0.05) is 30.3 Å². The molecule has 1 aliphatic heterocycles. The molecule has 0 N–H and O–H groups in total. The number of ether oxygens (including phenoxy) is 4. The summed E-state index contributed by atoms with van der Waals surface area (Å²) in [4.78, 5) is 2.32. The molecule has 0 saturated carbocycles. The molecule has 6 heteroatoms. The fraction of sp³-hybridized carbons (Fsp3) is 0.333. The Kier molecular flexibility index (Phi) is 7.04. The average Bonchev–Trinajstić information content (AvgIpc) is 3.06. The number of methoxy groups -OCH3 is 3. The van der Waals surface area contributed by atoms with Crippen molar-refractivity contribution < 1.29 is 23.3 Å². The summed E-state index contributed by atoms with van der Waals surface area (Å²) in [6.45, 7) is 4.07. The zero-order valence-corrected chi connectivity index (χ0v) is 19.6. The van der Waals surface area contributed by atoms with Crippen molar-refractivity contribution in [3.63, 3.8) is 0 Å². The highest BCUT2D eigenvalue weighted by molar-refractivity contribution is 5.77. The van der Waals surface area contributed by atoms with Crippen molar-refractivity contribution in [2.24, 2.45) is 0 Å². The third-order valence-electron chi connectivity index (χ3n) is 6.16. The van der Waals surface area contributed by atoms with Crippen molar-refractivity contribution in [2.45, 2.75) is 25.9 Å². The number of halogens is 1. The Hall–Kier alpha value is -3.25. The van der Waals surface area contributed by atoms with E-state index in [1.54, 1.807) is 27.4 Å². The van der Waals surface area contributed by atoms with E-state index in [0.29, 0.717) is 36.8 Å². The Morgan fingerprint density at radius 3 is 2.48 bits per heavy atom. The molecule has 0 spiro atoms. The van der Waals surface area contributed by atoms with Gasteiger partial charge in [-0.2, -0.15) is 0 Å². The summed E-state index contributed by atoms with van der Waals surface area (Å²) in [5, 5.41) is 0. The third-order valence-corrected chi connectivity index (χ3v) is 6.16. The zero-order chi connectivity index (χ0) is 23.4. The van der Waals surface area contributed by atoms with Crippen LogP contribution in [0.4, 0.5) is 4.39 Å². The van der Waals surface area contributed by atoms with Crippen LogP contribution in [0.5, 0.6) is 23.0 Å². The van der Waals surface area contributed by atoms with Crippen LogP contribution in [0.25, 0.3) is 11.1 Å². The molecule has 0 bridgehead atoms. The molecule has 3 aromatic rings. The van der Waals surface area contributed by atoms with Crippen LogP contribution in [0.15, 0.2) is 54.6 Å². The second-order valence-corrected chi connectivity index (χ2v) is 8.17. The van der Waals surface area contributed by atoms with E-state index >= 15 is 0 Å². The fourth-order valence-electron chi connectivity index (χ4n) is 4.41. The summed E-state index contributed by atoms with van der Waals surface area (Å²) in [5.74, 6) is 2.60. The van der Waals surface area contributed by atoms with Crippen molar-refractivity contribution in [1.29, 1.82) is 0 Å². The Labute approximate surface area is 194 Å². The molecular weight excluding hydrogens is 421 g/mol. The SMILES string of the molecule is COc1cc(-c2cccc(OC)c2OC)cc2c1OCCN([C@H](C)Cc1ccccc1F)C2. The molecule has 33 heavy (non-hydrogen) atoms. The van der Waals surface area contributed by atoms with E-state index in [1.165, 1.54) is 6.07 Å². The van der Waals surface area contributed by atoms with Gasteiger partial charge < -0.3 is 18.9 Å². The number of para-hydroxylation sites is 1. The molecule has 0 aromatic heterocycles. The van der Waals surface area contributed by atoms with Crippen molar-refractivity contribution in [1.82, 2.24) is 4.90 Å². The molecule has 0 fully saturated rings. The van der Waals surface area contributed by atoms with E-state index in [9.17, 15) is 4.39 Å². The van der Waals surface area contributed by atoms with Gasteiger partial charge >= 0.3 is 0 Å². The molecule has 1 atom stereocenters.